The Morgan fingerprint density at radius 1 is 0.487 bits per heavy atom. The fourth-order valence-electron chi connectivity index (χ4n) is 6.48. The van der Waals surface area contributed by atoms with Crippen molar-refractivity contribution in [2.75, 3.05) is 0 Å². The lowest BCUT2D eigenvalue weighted by atomic mass is 10.0. The van der Waals surface area contributed by atoms with Crippen LogP contribution in [-0.4, -0.2) is 14.1 Å². The van der Waals surface area contributed by atoms with Gasteiger partial charge in [0.2, 0.25) is 0 Å². The van der Waals surface area contributed by atoms with Crippen molar-refractivity contribution in [1.82, 2.24) is 14.1 Å². The van der Waals surface area contributed by atoms with Gasteiger partial charge in [0.15, 0.2) is 0 Å². The third-order valence-electron chi connectivity index (χ3n) is 7.96. The van der Waals surface area contributed by atoms with E-state index in [0.717, 1.165) is 60.8 Å². The lowest BCUT2D eigenvalue weighted by molar-refractivity contribution is 0.673. The van der Waals surface area contributed by atoms with Crippen LogP contribution in [0.1, 0.15) is 0 Å². The van der Waals surface area contributed by atoms with Gasteiger partial charge >= 0.3 is 0 Å². The SMILES string of the molecule is c1ccc(-n2c3ccccc3c3c4oc5ccccc5c4c4c(c5ccccc5n4-c4cccnc4)c32)cc1. The van der Waals surface area contributed by atoms with Crippen molar-refractivity contribution >= 4 is 65.6 Å². The average molecular weight is 500 g/mol. The molecule has 0 saturated carbocycles. The molecule has 0 unspecified atom stereocenters. The Morgan fingerprint density at radius 2 is 1.05 bits per heavy atom. The zero-order valence-electron chi connectivity index (χ0n) is 20.9. The molecule has 4 heterocycles. The van der Waals surface area contributed by atoms with Gasteiger partial charge in [-0.05, 0) is 42.5 Å². The number of benzene rings is 5. The number of furan rings is 1. The number of nitrogens with zero attached hydrogens (tertiary/aromatic N) is 3. The van der Waals surface area contributed by atoms with E-state index in [1.165, 1.54) is 16.2 Å². The first kappa shape index (κ1) is 20.7. The van der Waals surface area contributed by atoms with Crippen LogP contribution in [-0.2, 0) is 0 Å². The van der Waals surface area contributed by atoms with E-state index in [1.54, 1.807) is 0 Å². The Kier molecular flexibility index (Phi) is 4.02. The van der Waals surface area contributed by atoms with Crippen LogP contribution in [0.2, 0.25) is 0 Å². The normalized spacial score (nSPS) is 12.1. The van der Waals surface area contributed by atoms with Crippen LogP contribution in [0.4, 0.5) is 0 Å². The van der Waals surface area contributed by atoms with Crippen LogP contribution < -0.4 is 0 Å². The highest BCUT2D eigenvalue weighted by Crippen LogP contribution is 2.49. The highest BCUT2D eigenvalue weighted by Gasteiger charge is 2.27. The first-order valence-corrected chi connectivity index (χ1v) is 13.2. The van der Waals surface area contributed by atoms with Crippen molar-refractivity contribution in [3.8, 4) is 11.4 Å². The lowest BCUT2D eigenvalue weighted by Crippen LogP contribution is -1.96. The zero-order chi connectivity index (χ0) is 25.5. The van der Waals surface area contributed by atoms with E-state index in [4.69, 9.17) is 4.42 Å². The Balaban J connectivity index is 1.70. The van der Waals surface area contributed by atoms with E-state index < -0.39 is 0 Å². The van der Waals surface area contributed by atoms with Crippen molar-refractivity contribution < 1.29 is 4.42 Å². The molecule has 9 aromatic rings. The van der Waals surface area contributed by atoms with Gasteiger partial charge < -0.3 is 13.6 Å². The second-order valence-corrected chi connectivity index (χ2v) is 10.0. The predicted octanol–water partition coefficient (Wildman–Crippen LogP) is 9.18. The Hall–Kier alpha value is -5.35. The largest absolute Gasteiger partial charge is 0.455 e. The minimum Gasteiger partial charge on any atom is -0.455 e. The molecule has 9 rings (SSSR count). The number of aromatic nitrogens is 3. The van der Waals surface area contributed by atoms with Gasteiger partial charge in [-0.25, -0.2) is 0 Å². The average Bonchev–Trinajstić information content (AvgIpc) is 3.66. The summed E-state index contributed by atoms with van der Waals surface area (Å²) in [5.74, 6) is 0. The van der Waals surface area contributed by atoms with Gasteiger partial charge in [0.25, 0.3) is 0 Å². The summed E-state index contributed by atoms with van der Waals surface area (Å²) >= 11 is 0. The minimum atomic E-state index is 0.890. The maximum Gasteiger partial charge on any atom is 0.147 e. The molecule has 0 N–H and O–H groups in total. The molecule has 0 amide bonds. The van der Waals surface area contributed by atoms with Crippen LogP contribution in [0.5, 0.6) is 0 Å². The molecule has 5 aromatic carbocycles. The van der Waals surface area contributed by atoms with Gasteiger partial charge in [-0.15, -0.1) is 0 Å². The molecule has 0 bridgehead atoms. The second-order valence-electron chi connectivity index (χ2n) is 10.0. The van der Waals surface area contributed by atoms with Crippen molar-refractivity contribution in [2.24, 2.45) is 0 Å². The third kappa shape index (κ3) is 2.65. The Morgan fingerprint density at radius 3 is 1.77 bits per heavy atom. The molecular weight excluding hydrogens is 478 g/mol. The monoisotopic (exact) mass is 499 g/mol. The van der Waals surface area contributed by atoms with E-state index in [1.807, 2.05) is 24.5 Å². The summed E-state index contributed by atoms with van der Waals surface area (Å²) in [5.41, 5.74) is 8.55. The molecule has 0 saturated heterocycles. The maximum absolute atomic E-state index is 6.78. The second kappa shape index (κ2) is 7.59. The molecule has 4 aromatic heterocycles. The van der Waals surface area contributed by atoms with Crippen molar-refractivity contribution in [3.05, 3.63) is 128 Å². The minimum absolute atomic E-state index is 0.890. The molecule has 0 aliphatic carbocycles. The van der Waals surface area contributed by atoms with E-state index in [-0.39, 0.29) is 0 Å². The Labute approximate surface area is 222 Å². The van der Waals surface area contributed by atoms with E-state index in [2.05, 4.69) is 117 Å². The van der Waals surface area contributed by atoms with Crippen LogP contribution in [0, 0.1) is 0 Å². The van der Waals surface area contributed by atoms with Gasteiger partial charge in [0.05, 0.1) is 44.7 Å². The highest BCUT2D eigenvalue weighted by atomic mass is 16.3. The number of hydrogen-bond acceptors (Lipinski definition) is 2. The van der Waals surface area contributed by atoms with Gasteiger partial charge in [-0.2, -0.15) is 0 Å². The van der Waals surface area contributed by atoms with Crippen LogP contribution in [0.25, 0.3) is 76.9 Å². The van der Waals surface area contributed by atoms with Gasteiger partial charge in [0, 0.05) is 33.4 Å². The summed E-state index contributed by atoms with van der Waals surface area (Å²) in [6.45, 7) is 0. The first-order valence-electron chi connectivity index (χ1n) is 13.2. The van der Waals surface area contributed by atoms with Crippen molar-refractivity contribution in [3.63, 3.8) is 0 Å². The van der Waals surface area contributed by atoms with Gasteiger partial charge in [-0.1, -0.05) is 72.8 Å². The molecule has 4 nitrogen and oxygen atoms in total. The predicted molar refractivity (Wildman–Crippen MR) is 160 cm³/mol. The summed E-state index contributed by atoms with van der Waals surface area (Å²) in [7, 11) is 0. The van der Waals surface area contributed by atoms with E-state index in [9.17, 15) is 0 Å². The molecule has 4 heteroatoms. The molecule has 0 spiro atoms. The van der Waals surface area contributed by atoms with Crippen LogP contribution in [0.3, 0.4) is 0 Å². The topological polar surface area (TPSA) is 35.9 Å². The maximum atomic E-state index is 6.78. The standard InChI is InChI=1S/C35H21N3O/c1-2-11-22(12-3-1)37-28-18-8-5-15-25(28)31-33(37)30-24-14-4-7-17-27(24)38(23-13-10-20-36-21-23)34(30)32-26-16-6-9-19-29(26)39-35(31)32/h1-21H. The van der Waals surface area contributed by atoms with Crippen LogP contribution in [0.15, 0.2) is 132 Å². The fourth-order valence-corrected chi connectivity index (χ4v) is 6.48. The molecule has 39 heavy (non-hydrogen) atoms. The molecule has 0 aliphatic heterocycles. The first-order chi connectivity index (χ1) is 19.4. The molecule has 182 valence electrons. The van der Waals surface area contributed by atoms with Crippen molar-refractivity contribution in [2.45, 2.75) is 0 Å². The van der Waals surface area contributed by atoms with Gasteiger partial charge in [-0.3, -0.25) is 4.98 Å². The number of rotatable bonds is 2. The molecule has 0 aliphatic rings. The highest BCUT2D eigenvalue weighted by molar-refractivity contribution is 6.39. The molecule has 0 radical (unpaired) electrons. The molecular formula is C35H21N3O. The fraction of sp³-hybridized carbons (Fsp3) is 0. The van der Waals surface area contributed by atoms with Crippen molar-refractivity contribution in [1.29, 1.82) is 0 Å². The summed E-state index contributed by atoms with van der Waals surface area (Å²) in [5, 5.41) is 6.98. The number of hydrogen-bond donors (Lipinski definition) is 0. The van der Waals surface area contributed by atoms with Gasteiger partial charge in [0.1, 0.15) is 11.2 Å². The quantitative estimate of drug-likeness (QED) is 0.238. The van der Waals surface area contributed by atoms with Crippen LogP contribution >= 0.6 is 0 Å². The summed E-state index contributed by atoms with van der Waals surface area (Å²) < 4.78 is 11.5. The smallest absolute Gasteiger partial charge is 0.147 e. The summed E-state index contributed by atoms with van der Waals surface area (Å²) in [6.07, 6.45) is 3.77. The van der Waals surface area contributed by atoms with E-state index >= 15 is 0 Å². The third-order valence-corrected chi connectivity index (χ3v) is 7.96. The lowest BCUT2D eigenvalue weighted by Gasteiger charge is -2.11. The molecule has 0 atom stereocenters. The number of fused-ring (bicyclic) bond motifs is 12. The molecule has 0 fully saturated rings. The van der Waals surface area contributed by atoms with E-state index in [0.29, 0.717) is 0 Å². The zero-order valence-corrected chi connectivity index (χ0v) is 20.9. The number of pyridine rings is 1. The summed E-state index contributed by atoms with van der Waals surface area (Å²) in [4.78, 5) is 4.50. The number of para-hydroxylation sites is 4. The Bertz CT molecular complexity index is 2300. The summed E-state index contributed by atoms with van der Waals surface area (Å²) in [6, 6.07) is 40.5.